The van der Waals surface area contributed by atoms with E-state index < -0.39 is 0 Å². The molecule has 4 heterocycles. The number of hydrogen-bond donors (Lipinski definition) is 0. The number of rotatable bonds is 5. The summed E-state index contributed by atoms with van der Waals surface area (Å²) in [6.07, 6.45) is 2.35. The van der Waals surface area contributed by atoms with E-state index >= 15 is 0 Å². The van der Waals surface area contributed by atoms with Crippen LogP contribution in [0.15, 0.2) is 28.8 Å². The van der Waals surface area contributed by atoms with E-state index in [0.29, 0.717) is 19.1 Å². The molecule has 7 nitrogen and oxygen atoms in total. The fourth-order valence-electron chi connectivity index (χ4n) is 5.33. The fourth-order valence-corrected chi connectivity index (χ4v) is 5.33. The molecule has 0 saturated carbocycles. The Hall–Kier alpha value is -2.80. The molecule has 2 aliphatic rings. The maximum atomic E-state index is 13.4. The highest BCUT2D eigenvalue weighted by atomic mass is 16.5. The van der Waals surface area contributed by atoms with E-state index in [1.165, 1.54) is 0 Å². The second-order valence-electron chi connectivity index (χ2n) is 9.90. The van der Waals surface area contributed by atoms with Crippen LogP contribution < -0.4 is 4.74 Å². The van der Waals surface area contributed by atoms with Crippen LogP contribution in [0.2, 0.25) is 0 Å². The van der Waals surface area contributed by atoms with Gasteiger partial charge in [0.25, 0.3) is 5.91 Å². The van der Waals surface area contributed by atoms with Gasteiger partial charge in [-0.2, -0.15) is 0 Å². The number of likely N-dealkylation sites (tertiary alicyclic amines) is 1. The molecule has 1 aromatic carbocycles. The highest BCUT2D eigenvalue weighted by Gasteiger charge is 2.32. The van der Waals surface area contributed by atoms with Crippen LogP contribution >= 0.6 is 0 Å². The van der Waals surface area contributed by atoms with Gasteiger partial charge in [-0.3, -0.25) is 4.79 Å². The lowest BCUT2D eigenvalue weighted by Gasteiger charge is -2.34. The molecule has 176 valence electrons. The molecule has 0 N–H and O–H groups in total. The summed E-state index contributed by atoms with van der Waals surface area (Å²) in [7, 11) is 0. The largest absolute Gasteiger partial charge is 0.490 e. The van der Waals surface area contributed by atoms with E-state index in [1.54, 1.807) is 0 Å². The zero-order valence-corrected chi connectivity index (χ0v) is 20.3. The van der Waals surface area contributed by atoms with Gasteiger partial charge in [0, 0.05) is 48.2 Å². The van der Waals surface area contributed by atoms with E-state index in [-0.39, 0.29) is 18.1 Å². The first-order valence-electron chi connectivity index (χ1n) is 12.1. The van der Waals surface area contributed by atoms with Crippen LogP contribution in [0.3, 0.4) is 0 Å². The molecule has 1 fully saturated rings. The van der Waals surface area contributed by atoms with Crippen molar-refractivity contribution in [3.63, 3.8) is 0 Å². The predicted molar refractivity (Wildman–Crippen MR) is 128 cm³/mol. The quantitative estimate of drug-likeness (QED) is 0.563. The van der Waals surface area contributed by atoms with Gasteiger partial charge in [-0.1, -0.05) is 5.16 Å². The summed E-state index contributed by atoms with van der Waals surface area (Å²) in [4.78, 5) is 17.8. The number of aromatic nitrogens is 2. The Morgan fingerprint density at radius 2 is 1.94 bits per heavy atom. The number of amides is 1. The SMILES string of the molecule is Cc1noc(C)c1CN1C[C@@H](C)n2c(cc3cc(OC4CCN(C(C)C)CC4)ccc32)C1=O. The van der Waals surface area contributed by atoms with Crippen LogP contribution in [-0.4, -0.2) is 57.2 Å². The minimum Gasteiger partial charge on any atom is -0.490 e. The van der Waals surface area contributed by atoms with Crippen LogP contribution in [0.4, 0.5) is 0 Å². The first-order chi connectivity index (χ1) is 15.8. The maximum Gasteiger partial charge on any atom is 0.270 e. The minimum absolute atomic E-state index is 0.0489. The smallest absolute Gasteiger partial charge is 0.270 e. The van der Waals surface area contributed by atoms with Gasteiger partial charge in [0.1, 0.15) is 23.3 Å². The second-order valence-corrected chi connectivity index (χ2v) is 9.90. The van der Waals surface area contributed by atoms with Crippen molar-refractivity contribution in [3.8, 4) is 5.75 Å². The lowest BCUT2D eigenvalue weighted by Crippen LogP contribution is -2.41. The lowest BCUT2D eigenvalue weighted by atomic mass is 10.1. The van der Waals surface area contributed by atoms with Gasteiger partial charge in [0.2, 0.25) is 0 Å². The van der Waals surface area contributed by atoms with Crippen molar-refractivity contribution in [3.05, 3.63) is 47.0 Å². The van der Waals surface area contributed by atoms with E-state index in [4.69, 9.17) is 9.26 Å². The average molecular weight is 451 g/mol. The second kappa shape index (κ2) is 8.52. The molecule has 1 amide bonds. The first-order valence-corrected chi connectivity index (χ1v) is 12.1. The third-order valence-electron chi connectivity index (χ3n) is 7.28. The molecule has 5 rings (SSSR count). The molecule has 1 atom stereocenters. The van der Waals surface area contributed by atoms with Crippen LogP contribution in [0.25, 0.3) is 10.9 Å². The van der Waals surface area contributed by atoms with Gasteiger partial charge in [0.15, 0.2) is 0 Å². The Kier molecular flexibility index (Phi) is 5.69. The minimum atomic E-state index is 0.0489. The summed E-state index contributed by atoms with van der Waals surface area (Å²) < 4.78 is 13.8. The summed E-state index contributed by atoms with van der Waals surface area (Å²) >= 11 is 0. The highest BCUT2D eigenvalue weighted by molar-refractivity contribution is 6.00. The third-order valence-corrected chi connectivity index (χ3v) is 7.28. The molecule has 3 aromatic rings. The third kappa shape index (κ3) is 4.03. The zero-order valence-electron chi connectivity index (χ0n) is 20.3. The number of aryl methyl sites for hydroxylation is 2. The Labute approximate surface area is 195 Å². The Balaban J connectivity index is 1.36. The summed E-state index contributed by atoms with van der Waals surface area (Å²) in [5, 5.41) is 5.10. The molecule has 0 spiro atoms. The summed E-state index contributed by atoms with van der Waals surface area (Å²) in [5.74, 6) is 1.72. The number of piperidine rings is 1. The number of fused-ring (bicyclic) bond motifs is 3. The molecule has 33 heavy (non-hydrogen) atoms. The first kappa shape index (κ1) is 22.0. The number of hydrogen-bond acceptors (Lipinski definition) is 5. The monoisotopic (exact) mass is 450 g/mol. The van der Waals surface area contributed by atoms with E-state index in [9.17, 15) is 4.79 Å². The van der Waals surface area contributed by atoms with Crippen LogP contribution in [-0.2, 0) is 6.54 Å². The molecule has 1 saturated heterocycles. The summed E-state index contributed by atoms with van der Waals surface area (Å²) in [6, 6.07) is 9.04. The van der Waals surface area contributed by atoms with Gasteiger partial charge in [-0.25, -0.2) is 0 Å². The Bertz CT molecular complexity index is 1150. The average Bonchev–Trinajstić information content (AvgIpc) is 3.33. The number of benzene rings is 1. The standard InChI is InChI=1S/C26H34N4O3/c1-16(2)28-10-8-21(9-11-28)32-22-6-7-24-20(12-22)13-25-26(31)29(14-17(3)30(24)25)15-23-18(4)27-33-19(23)5/h6-7,12-13,16-17,21H,8-11,14-15H2,1-5H3/t17-/m1/s1. The molecular weight excluding hydrogens is 416 g/mol. The molecule has 7 heteroatoms. The van der Waals surface area contributed by atoms with Crippen molar-refractivity contribution < 1.29 is 14.1 Å². The van der Waals surface area contributed by atoms with Crippen molar-refractivity contribution in [2.45, 2.75) is 72.2 Å². The predicted octanol–water partition coefficient (Wildman–Crippen LogP) is 4.71. The van der Waals surface area contributed by atoms with Crippen molar-refractivity contribution in [1.82, 2.24) is 19.5 Å². The fraction of sp³-hybridized carbons (Fsp3) is 0.538. The molecule has 0 aliphatic carbocycles. The van der Waals surface area contributed by atoms with Crippen LogP contribution in [0, 0.1) is 13.8 Å². The summed E-state index contributed by atoms with van der Waals surface area (Å²) in [5.41, 5.74) is 3.67. The molecular formula is C26H34N4O3. The van der Waals surface area contributed by atoms with Gasteiger partial charge >= 0.3 is 0 Å². The van der Waals surface area contributed by atoms with Crippen molar-refractivity contribution in [2.75, 3.05) is 19.6 Å². The summed E-state index contributed by atoms with van der Waals surface area (Å²) in [6.45, 7) is 13.8. The number of carbonyl (C=O) groups is 1. The Morgan fingerprint density at radius 1 is 1.18 bits per heavy atom. The topological polar surface area (TPSA) is 63.7 Å². The molecule has 0 radical (unpaired) electrons. The maximum absolute atomic E-state index is 13.4. The van der Waals surface area contributed by atoms with Crippen LogP contribution in [0.1, 0.15) is 67.2 Å². The number of carbonyl (C=O) groups excluding carboxylic acids is 1. The van der Waals surface area contributed by atoms with Crippen molar-refractivity contribution in [1.29, 1.82) is 0 Å². The highest BCUT2D eigenvalue weighted by Crippen LogP contribution is 2.33. The molecule has 0 bridgehead atoms. The molecule has 2 aliphatic heterocycles. The van der Waals surface area contributed by atoms with Gasteiger partial charge in [0.05, 0.1) is 12.2 Å². The van der Waals surface area contributed by atoms with E-state index in [0.717, 1.165) is 65.3 Å². The van der Waals surface area contributed by atoms with Crippen LogP contribution in [0.5, 0.6) is 5.75 Å². The number of nitrogens with zero attached hydrogens (tertiary/aromatic N) is 4. The van der Waals surface area contributed by atoms with Crippen molar-refractivity contribution in [2.24, 2.45) is 0 Å². The molecule has 0 unspecified atom stereocenters. The van der Waals surface area contributed by atoms with Crippen molar-refractivity contribution >= 4 is 16.8 Å². The Morgan fingerprint density at radius 3 is 2.61 bits per heavy atom. The van der Waals surface area contributed by atoms with Gasteiger partial charge < -0.3 is 23.6 Å². The van der Waals surface area contributed by atoms with Gasteiger partial charge in [-0.15, -0.1) is 0 Å². The molecule has 2 aromatic heterocycles. The lowest BCUT2D eigenvalue weighted by molar-refractivity contribution is 0.0664. The number of ether oxygens (including phenoxy) is 1. The normalized spacial score (nSPS) is 20.1. The van der Waals surface area contributed by atoms with E-state index in [2.05, 4.69) is 53.6 Å². The van der Waals surface area contributed by atoms with E-state index in [1.807, 2.05) is 24.8 Å². The van der Waals surface area contributed by atoms with Gasteiger partial charge in [-0.05, 0) is 71.7 Å². The zero-order chi connectivity index (χ0) is 23.3.